The molecular weight excluding hydrogens is 702 g/mol. The van der Waals surface area contributed by atoms with Crippen molar-refractivity contribution in [2.75, 3.05) is 12.4 Å². The molecule has 0 spiro atoms. The zero-order chi connectivity index (χ0) is 30.2. The van der Waals surface area contributed by atoms with Crippen LogP contribution >= 0.6 is 12.2 Å². The van der Waals surface area contributed by atoms with Gasteiger partial charge in [0.2, 0.25) is 0 Å². The number of allylic oxidation sites excluding steroid dienone is 8. The Hall–Kier alpha value is -2.36. The minimum Gasteiger partial charge on any atom is -0.0683 e. The van der Waals surface area contributed by atoms with E-state index in [1.54, 1.807) is 13.2 Å². The van der Waals surface area contributed by atoms with Crippen molar-refractivity contribution in [2.45, 2.75) is 60.5 Å². The Bertz CT molecular complexity index is 1170. The van der Waals surface area contributed by atoms with E-state index in [9.17, 15) is 9.90 Å². The fraction of sp³-hybridized carbons (Fsp3) is 0.406. The predicted molar refractivity (Wildman–Crippen MR) is 166 cm³/mol. The molecule has 40 heavy (non-hydrogen) atoms. The van der Waals surface area contributed by atoms with E-state index in [-0.39, 0.29) is 34.5 Å². The molecular formula is C32H43FN2O3OsS. The van der Waals surface area contributed by atoms with Crippen LogP contribution in [0, 0.1) is 23.6 Å². The molecule has 2 rings (SSSR count). The van der Waals surface area contributed by atoms with Crippen LogP contribution in [0.25, 0.3) is 5.57 Å². The van der Waals surface area contributed by atoms with Crippen LogP contribution in [-0.4, -0.2) is 33.5 Å². The van der Waals surface area contributed by atoms with Gasteiger partial charge in [0.15, 0.2) is 5.11 Å². The van der Waals surface area contributed by atoms with E-state index in [1.165, 1.54) is 24.2 Å². The first-order valence-electron chi connectivity index (χ1n) is 13.7. The number of benzene rings is 1. The van der Waals surface area contributed by atoms with Crippen molar-refractivity contribution in [1.82, 2.24) is 5.32 Å². The molecule has 0 heterocycles. The quantitative estimate of drug-likeness (QED) is 0.153. The van der Waals surface area contributed by atoms with Crippen molar-refractivity contribution < 1.29 is 37.2 Å². The number of methoxy groups -OCH3 is 1. The normalized spacial score (nSPS) is 17.2. The fourth-order valence-corrected chi connectivity index (χ4v) is 4.69. The molecule has 0 fully saturated rings. The molecule has 1 aromatic carbocycles. The second kappa shape index (κ2) is 18.9. The Balaban J connectivity index is 0.00000391. The third-order valence-corrected chi connectivity index (χ3v) is 7.74. The van der Waals surface area contributed by atoms with Gasteiger partial charge in [-0.1, -0.05) is 26.0 Å². The summed E-state index contributed by atoms with van der Waals surface area (Å²) in [6.07, 6.45) is 16.4. The molecule has 4 atom stereocenters. The Morgan fingerprint density at radius 3 is 2.55 bits per heavy atom. The first-order chi connectivity index (χ1) is 19.1. The van der Waals surface area contributed by atoms with Crippen molar-refractivity contribution in [3.63, 3.8) is 0 Å². The van der Waals surface area contributed by atoms with Crippen LogP contribution in [0.4, 0.5) is 10.1 Å². The summed E-state index contributed by atoms with van der Waals surface area (Å²) in [6.45, 7) is 11.7. The van der Waals surface area contributed by atoms with Crippen LogP contribution in [0.5, 0.6) is 0 Å². The molecule has 0 aromatic heterocycles. The molecule has 220 valence electrons. The van der Waals surface area contributed by atoms with Crippen LogP contribution < -0.4 is 10.6 Å². The summed E-state index contributed by atoms with van der Waals surface area (Å²) in [4.78, 5) is 13.3. The van der Waals surface area contributed by atoms with Crippen LogP contribution in [0.2, 0.25) is 0 Å². The number of thiocarbonyl (C=S) groups is 1. The Morgan fingerprint density at radius 2 is 1.98 bits per heavy atom. The van der Waals surface area contributed by atoms with Gasteiger partial charge in [0.1, 0.15) is 0 Å². The van der Waals surface area contributed by atoms with Crippen molar-refractivity contribution in [3.05, 3.63) is 83.9 Å². The van der Waals surface area contributed by atoms with Crippen LogP contribution in [0.1, 0.15) is 59.9 Å². The van der Waals surface area contributed by atoms with Gasteiger partial charge in [0.05, 0.1) is 6.10 Å². The molecule has 0 saturated carbocycles. The summed E-state index contributed by atoms with van der Waals surface area (Å²) in [5, 5.41) is 16.2. The van der Waals surface area contributed by atoms with Crippen molar-refractivity contribution in [2.24, 2.45) is 17.8 Å². The number of aliphatic hydroxyl groups is 1. The van der Waals surface area contributed by atoms with Gasteiger partial charge in [-0.2, -0.15) is 0 Å². The molecule has 0 amide bonds. The number of carbonyl (C=O) groups excluding carboxylic acids is 1. The van der Waals surface area contributed by atoms with E-state index in [4.69, 9.17) is 17.0 Å². The summed E-state index contributed by atoms with van der Waals surface area (Å²) in [6, 6.07) is 4.90. The van der Waals surface area contributed by atoms with E-state index in [0.717, 1.165) is 24.1 Å². The van der Waals surface area contributed by atoms with Gasteiger partial charge in [-0.3, -0.25) is 0 Å². The maximum atomic E-state index is 15.0. The number of carbonyl (C=O) groups is 1. The fourth-order valence-electron chi connectivity index (χ4n) is 3.95. The molecule has 1 aromatic rings. The SMILES string of the molecule is C/C=C(\C=C/C(C)OC)NC(=S)Nc1ccc(C2=CC=CC(C(=O)C(CCC)C(C)[C](O)=[Os])C=C2)cc1F.CC. The number of ketones is 1. The molecule has 1 aliphatic rings. The van der Waals surface area contributed by atoms with Crippen molar-refractivity contribution >= 4 is 38.6 Å². The number of halogens is 1. The summed E-state index contributed by atoms with van der Waals surface area (Å²) in [7, 11) is 1.63. The maximum absolute atomic E-state index is 15.0. The second-order valence-electron chi connectivity index (χ2n) is 9.11. The molecule has 0 radical (unpaired) electrons. The van der Waals surface area contributed by atoms with Crippen LogP contribution in [-0.2, 0) is 27.7 Å². The third kappa shape index (κ3) is 11.3. The number of anilines is 1. The molecule has 1 aliphatic carbocycles. The Kier molecular flexibility index (Phi) is 16.8. The number of hydrogen-bond acceptors (Lipinski definition) is 4. The van der Waals surface area contributed by atoms with Crippen LogP contribution in [0.3, 0.4) is 0 Å². The van der Waals surface area contributed by atoms with Gasteiger partial charge >= 0.3 is 158 Å². The van der Waals surface area contributed by atoms with Gasteiger partial charge in [-0.15, -0.1) is 0 Å². The standard InChI is InChI=1S/C30H37FN2O3S.C2H6.Os/c1-6-9-26(20(3)19-34)29(35)23-11-8-10-22(13-14-23)24-15-17-28(27(31)18-24)33-30(37)32-25(7-2)16-12-21(4)36-5;1-2;/h7-8,10-18,20-21,23,26,34H,6,9H2,1-5H3,(H2,32,33,37);1-2H3;/b16-12-,25-7+;;. The van der Waals surface area contributed by atoms with Crippen LogP contribution in [0.15, 0.2) is 72.5 Å². The average molecular weight is 745 g/mol. The van der Waals surface area contributed by atoms with Gasteiger partial charge in [-0.05, 0) is 32.1 Å². The van der Waals surface area contributed by atoms with E-state index >= 15 is 4.39 Å². The zero-order valence-corrected chi connectivity index (χ0v) is 27.8. The number of rotatable bonds is 12. The molecule has 3 N–H and O–H groups in total. The number of hydrogen-bond donors (Lipinski definition) is 3. The molecule has 0 saturated heterocycles. The summed E-state index contributed by atoms with van der Waals surface area (Å²) in [5.41, 5.74) is 2.50. The predicted octanol–water partition coefficient (Wildman–Crippen LogP) is 7.43. The summed E-state index contributed by atoms with van der Waals surface area (Å²) >= 11 is 6.79. The van der Waals surface area contributed by atoms with Crippen molar-refractivity contribution in [1.29, 1.82) is 0 Å². The van der Waals surface area contributed by atoms with Gasteiger partial charge in [-0.25, -0.2) is 0 Å². The van der Waals surface area contributed by atoms with E-state index in [1.807, 2.05) is 96.2 Å². The summed E-state index contributed by atoms with van der Waals surface area (Å²) < 4.78 is 20.5. The smallest absolute Gasteiger partial charge is 0.0683 e. The van der Waals surface area contributed by atoms with E-state index < -0.39 is 11.7 Å². The minimum absolute atomic E-state index is 0.0428. The Labute approximate surface area is 254 Å². The minimum atomic E-state index is -0.445. The molecule has 0 bridgehead atoms. The molecule has 0 aliphatic heterocycles. The third-order valence-electron chi connectivity index (χ3n) is 6.38. The van der Waals surface area contributed by atoms with Gasteiger partial charge < -0.3 is 15.4 Å². The Morgan fingerprint density at radius 1 is 1.27 bits per heavy atom. The molecule has 4 unspecified atom stereocenters. The first-order valence-corrected chi connectivity index (χ1v) is 15.3. The van der Waals surface area contributed by atoms with Crippen molar-refractivity contribution in [3.8, 4) is 0 Å². The molecule has 8 heteroatoms. The van der Waals surface area contributed by atoms with E-state index in [2.05, 4.69) is 10.6 Å². The van der Waals surface area contributed by atoms with E-state index in [0.29, 0.717) is 9.82 Å². The number of ether oxygens (including phenoxy) is 1. The number of aliphatic hydroxyl groups excluding tert-OH is 1. The monoisotopic (exact) mass is 746 g/mol. The number of nitrogens with one attached hydrogen (secondary N) is 2. The first kappa shape index (κ1) is 35.7. The van der Waals surface area contributed by atoms with Gasteiger partial charge in [0.25, 0.3) is 0 Å². The number of Topliss-reactive ketones (excluding diaryl/α,β-unsaturated/α-hetero) is 1. The topological polar surface area (TPSA) is 70.6 Å². The average Bonchev–Trinajstić information content (AvgIpc) is 3.21. The second-order valence-corrected chi connectivity index (χ2v) is 10.8. The van der Waals surface area contributed by atoms with Gasteiger partial charge in [0, 0.05) is 12.8 Å². The summed E-state index contributed by atoms with van der Waals surface area (Å²) in [5.74, 6) is -1.21. The molecule has 5 nitrogen and oxygen atoms in total. The zero-order valence-electron chi connectivity index (χ0n) is 24.5.